The summed E-state index contributed by atoms with van der Waals surface area (Å²) >= 11 is 12.5. The molecule has 0 aromatic heterocycles. The third-order valence-corrected chi connectivity index (χ3v) is 8.63. The Morgan fingerprint density at radius 3 is 2.20 bits per heavy atom. The molecule has 0 aliphatic carbocycles. The fourth-order valence-corrected chi connectivity index (χ4v) is 6.07. The van der Waals surface area contributed by atoms with Crippen LogP contribution >= 0.6 is 23.2 Å². The number of hydrogen-bond acceptors (Lipinski definition) is 4. The molecule has 10 heteroatoms. The summed E-state index contributed by atoms with van der Waals surface area (Å²) in [6.07, 6.45) is 0. The van der Waals surface area contributed by atoms with Gasteiger partial charge in [-0.05, 0) is 88.6 Å². The summed E-state index contributed by atoms with van der Waals surface area (Å²) in [5.41, 5.74) is 1.93. The lowest BCUT2D eigenvalue weighted by Gasteiger charge is -2.34. The monoisotopic (exact) mass is 603 g/mol. The summed E-state index contributed by atoms with van der Waals surface area (Å²) in [6, 6.07) is 17.3. The minimum absolute atomic E-state index is 0.0282. The fourth-order valence-electron chi connectivity index (χ4n) is 4.11. The first-order valence-corrected chi connectivity index (χ1v) is 15.0. The highest BCUT2D eigenvalue weighted by atomic mass is 35.5. The summed E-state index contributed by atoms with van der Waals surface area (Å²) in [5, 5.41) is 3.66. The van der Waals surface area contributed by atoms with Crippen molar-refractivity contribution in [3.63, 3.8) is 0 Å². The number of carbonyl (C=O) groups is 2. The van der Waals surface area contributed by atoms with E-state index in [0.29, 0.717) is 26.9 Å². The van der Waals surface area contributed by atoms with Crippen molar-refractivity contribution in [3.05, 3.63) is 93.5 Å². The second kappa shape index (κ2) is 12.6. The molecule has 214 valence electrons. The molecule has 3 aromatic carbocycles. The summed E-state index contributed by atoms with van der Waals surface area (Å²) < 4.78 is 29.0. The normalized spacial score (nSPS) is 12.5. The molecule has 7 nitrogen and oxygen atoms in total. The number of nitrogens with one attached hydrogen (secondary N) is 1. The van der Waals surface area contributed by atoms with Crippen LogP contribution in [-0.4, -0.2) is 43.3 Å². The zero-order valence-electron chi connectivity index (χ0n) is 23.5. The van der Waals surface area contributed by atoms with Crippen molar-refractivity contribution in [1.82, 2.24) is 10.2 Å². The fraction of sp³-hybridized carbons (Fsp3) is 0.333. The highest BCUT2D eigenvalue weighted by Crippen LogP contribution is 2.29. The Bertz CT molecular complexity index is 1490. The van der Waals surface area contributed by atoms with Crippen LogP contribution in [0.2, 0.25) is 10.0 Å². The molecule has 3 aromatic rings. The van der Waals surface area contributed by atoms with Crippen LogP contribution in [0.25, 0.3) is 0 Å². The SMILES string of the molecule is Cc1ccc(C)c(N(CC(=O)N(Cc2ccc(Cl)cc2Cl)C(C)C(=O)NC(C)(C)C)S(=O)(=O)c2ccccc2)c1. The standard InChI is InChI=1S/C30H35Cl2N3O4S/c1-20-12-13-21(2)27(16-20)35(40(38,39)25-10-8-7-9-11-25)19-28(36)34(22(3)29(37)33-30(4,5)6)18-23-14-15-24(31)17-26(23)32/h7-17,22H,18-19H2,1-6H3,(H,33,37). The first-order chi connectivity index (χ1) is 18.6. The predicted octanol–water partition coefficient (Wildman–Crippen LogP) is 6.14. The first-order valence-electron chi connectivity index (χ1n) is 12.8. The lowest BCUT2D eigenvalue weighted by atomic mass is 10.1. The minimum atomic E-state index is -4.14. The van der Waals surface area contributed by atoms with Gasteiger partial charge in [0.2, 0.25) is 11.8 Å². The molecule has 0 aliphatic heterocycles. The Morgan fingerprint density at radius 2 is 1.60 bits per heavy atom. The van der Waals surface area contributed by atoms with E-state index in [1.807, 2.05) is 39.8 Å². The molecule has 0 heterocycles. The van der Waals surface area contributed by atoms with Crippen LogP contribution in [0.15, 0.2) is 71.6 Å². The topological polar surface area (TPSA) is 86.8 Å². The molecule has 2 amide bonds. The van der Waals surface area contributed by atoms with Gasteiger partial charge < -0.3 is 10.2 Å². The largest absolute Gasteiger partial charge is 0.350 e. The smallest absolute Gasteiger partial charge is 0.264 e. The highest BCUT2D eigenvalue weighted by molar-refractivity contribution is 7.92. The Morgan fingerprint density at radius 1 is 0.950 bits per heavy atom. The van der Waals surface area contributed by atoms with Crippen LogP contribution in [0, 0.1) is 13.8 Å². The zero-order valence-corrected chi connectivity index (χ0v) is 25.9. The molecule has 0 fully saturated rings. The Hall–Kier alpha value is -3.07. The number of nitrogens with zero attached hydrogens (tertiary/aromatic N) is 2. The maximum Gasteiger partial charge on any atom is 0.264 e. The van der Waals surface area contributed by atoms with Crippen molar-refractivity contribution in [3.8, 4) is 0 Å². The van der Waals surface area contributed by atoms with Gasteiger partial charge in [0.25, 0.3) is 10.0 Å². The Kier molecular flexibility index (Phi) is 9.93. The molecule has 0 aliphatic rings. The van der Waals surface area contributed by atoms with Gasteiger partial charge in [0.1, 0.15) is 12.6 Å². The highest BCUT2D eigenvalue weighted by Gasteiger charge is 2.34. The van der Waals surface area contributed by atoms with Crippen molar-refractivity contribution >= 4 is 50.7 Å². The van der Waals surface area contributed by atoms with Gasteiger partial charge in [0.15, 0.2) is 0 Å². The second-order valence-corrected chi connectivity index (χ2v) is 13.5. The summed E-state index contributed by atoms with van der Waals surface area (Å²) in [4.78, 5) is 28.7. The first kappa shape index (κ1) is 31.5. The second-order valence-electron chi connectivity index (χ2n) is 10.8. The van der Waals surface area contributed by atoms with Gasteiger partial charge in [0, 0.05) is 22.1 Å². The molecule has 0 spiro atoms. The molecule has 3 rings (SSSR count). The number of anilines is 1. The average molecular weight is 605 g/mol. The molecule has 1 N–H and O–H groups in total. The molecule has 0 radical (unpaired) electrons. The van der Waals surface area contributed by atoms with Crippen molar-refractivity contribution in [2.45, 2.75) is 64.6 Å². The number of carbonyl (C=O) groups excluding carboxylic acids is 2. The maximum atomic E-state index is 14.1. The van der Waals surface area contributed by atoms with E-state index in [1.54, 1.807) is 56.3 Å². The van der Waals surface area contributed by atoms with E-state index >= 15 is 0 Å². The number of sulfonamides is 1. The molecular weight excluding hydrogens is 569 g/mol. The van der Waals surface area contributed by atoms with Crippen molar-refractivity contribution in [2.75, 3.05) is 10.8 Å². The number of benzene rings is 3. The van der Waals surface area contributed by atoms with E-state index < -0.39 is 34.1 Å². The number of rotatable bonds is 9. The Balaban J connectivity index is 2.09. The van der Waals surface area contributed by atoms with Crippen LogP contribution in [0.3, 0.4) is 0 Å². The third kappa shape index (κ3) is 7.77. The molecule has 0 saturated heterocycles. The van der Waals surface area contributed by atoms with E-state index in [2.05, 4.69) is 5.32 Å². The minimum Gasteiger partial charge on any atom is -0.350 e. The molecule has 1 unspecified atom stereocenters. The van der Waals surface area contributed by atoms with Gasteiger partial charge in [-0.15, -0.1) is 0 Å². The van der Waals surface area contributed by atoms with Gasteiger partial charge in [-0.1, -0.05) is 59.6 Å². The van der Waals surface area contributed by atoms with E-state index in [4.69, 9.17) is 23.2 Å². The van der Waals surface area contributed by atoms with E-state index in [-0.39, 0.29) is 17.3 Å². The van der Waals surface area contributed by atoms with Gasteiger partial charge in [-0.2, -0.15) is 0 Å². The summed E-state index contributed by atoms with van der Waals surface area (Å²) in [5.74, 6) is -0.946. The Labute approximate surface area is 247 Å². The molecular formula is C30H35Cl2N3O4S. The zero-order chi connectivity index (χ0) is 29.8. The van der Waals surface area contributed by atoms with E-state index in [0.717, 1.165) is 9.87 Å². The molecule has 40 heavy (non-hydrogen) atoms. The average Bonchev–Trinajstić information content (AvgIpc) is 2.87. The number of halogens is 2. The van der Waals surface area contributed by atoms with Crippen LogP contribution in [0.5, 0.6) is 0 Å². The number of hydrogen-bond donors (Lipinski definition) is 1. The van der Waals surface area contributed by atoms with Gasteiger partial charge in [-0.25, -0.2) is 8.42 Å². The summed E-state index contributed by atoms with van der Waals surface area (Å²) in [7, 11) is -4.14. The van der Waals surface area contributed by atoms with Gasteiger partial charge in [-0.3, -0.25) is 13.9 Å². The number of aryl methyl sites for hydroxylation is 2. The lowest BCUT2D eigenvalue weighted by molar-refractivity contribution is -0.140. The van der Waals surface area contributed by atoms with Crippen LogP contribution in [0.4, 0.5) is 5.69 Å². The number of amides is 2. The molecule has 0 saturated carbocycles. The molecule has 1 atom stereocenters. The summed E-state index contributed by atoms with van der Waals surface area (Å²) in [6.45, 7) is 10.2. The van der Waals surface area contributed by atoms with Gasteiger partial charge in [0.05, 0.1) is 10.6 Å². The van der Waals surface area contributed by atoms with Crippen LogP contribution in [0.1, 0.15) is 44.4 Å². The van der Waals surface area contributed by atoms with Crippen LogP contribution < -0.4 is 9.62 Å². The molecule has 0 bridgehead atoms. The lowest BCUT2D eigenvalue weighted by Crippen LogP contribution is -2.54. The van der Waals surface area contributed by atoms with Crippen molar-refractivity contribution in [2.24, 2.45) is 0 Å². The third-order valence-electron chi connectivity index (χ3n) is 6.26. The van der Waals surface area contributed by atoms with E-state index in [1.165, 1.54) is 17.0 Å². The quantitative estimate of drug-likeness (QED) is 0.318. The van der Waals surface area contributed by atoms with Crippen LogP contribution in [-0.2, 0) is 26.2 Å². The maximum absolute atomic E-state index is 14.1. The van der Waals surface area contributed by atoms with Crippen molar-refractivity contribution < 1.29 is 18.0 Å². The van der Waals surface area contributed by atoms with Gasteiger partial charge >= 0.3 is 0 Å². The van der Waals surface area contributed by atoms with Crippen molar-refractivity contribution in [1.29, 1.82) is 0 Å². The van der Waals surface area contributed by atoms with E-state index in [9.17, 15) is 18.0 Å². The predicted molar refractivity (Wildman–Crippen MR) is 161 cm³/mol.